The van der Waals surface area contributed by atoms with E-state index >= 15 is 0 Å². The predicted octanol–water partition coefficient (Wildman–Crippen LogP) is 2.84. The van der Waals surface area contributed by atoms with E-state index < -0.39 is 0 Å². The van der Waals surface area contributed by atoms with Crippen molar-refractivity contribution in [3.05, 3.63) is 40.7 Å². The van der Waals surface area contributed by atoms with Crippen LogP contribution in [0.1, 0.15) is 16.2 Å². The van der Waals surface area contributed by atoms with E-state index in [0.717, 1.165) is 30.3 Å². The molecule has 1 N–H and O–H groups in total. The molecule has 0 unspecified atom stereocenters. The van der Waals surface area contributed by atoms with Crippen LogP contribution in [0.15, 0.2) is 24.3 Å². The Kier molecular flexibility index (Phi) is 5.52. The zero-order chi connectivity index (χ0) is 16.9. The van der Waals surface area contributed by atoms with Crippen molar-refractivity contribution in [1.82, 2.24) is 15.1 Å². The molecule has 2 heterocycles. The molecule has 1 saturated heterocycles. The van der Waals surface area contributed by atoms with E-state index in [9.17, 15) is 4.79 Å². The van der Waals surface area contributed by atoms with Gasteiger partial charge in [0.2, 0.25) is 0 Å². The van der Waals surface area contributed by atoms with E-state index in [1.807, 2.05) is 16.7 Å². The lowest BCUT2D eigenvalue weighted by Gasteiger charge is -2.25. The lowest BCUT2D eigenvalue weighted by molar-refractivity contribution is 0.0766. The van der Waals surface area contributed by atoms with Crippen molar-refractivity contribution < 1.29 is 14.3 Å². The smallest absolute Gasteiger partial charge is 0.274 e. The Labute approximate surface area is 149 Å². The maximum atomic E-state index is 12.4. The number of nitrogens with zero attached hydrogens (tertiary/aromatic N) is 2. The van der Waals surface area contributed by atoms with E-state index in [0.29, 0.717) is 22.2 Å². The van der Waals surface area contributed by atoms with Crippen molar-refractivity contribution in [3.63, 3.8) is 0 Å². The molecule has 3 rings (SSSR count). The number of ether oxygens (including phenoxy) is 2. The molecule has 1 aromatic carbocycles. The monoisotopic (exact) mass is 367 g/mol. The summed E-state index contributed by atoms with van der Waals surface area (Å²) in [6.45, 7) is 1.79. The third-order valence-corrected chi connectivity index (χ3v) is 4.91. The largest absolute Gasteiger partial charge is 0.497 e. The summed E-state index contributed by atoms with van der Waals surface area (Å²) >= 11 is 8.00. The van der Waals surface area contributed by atoms with Gasteiger partial charge in [0.1, 0.15) is 18.1 Å². The number of aromatic amines is 1. The number of carbonyl (C=O) groups excluding carboxylic acids is 1. The van der Waals surface area contributed by atoms with Crippen LogP contribution in [0.5, 0.6) is 11.5 Å². The van der Waals surface area contributed by atoms with Crippen LogP contribution in [0.3, 0.4) is 0 Å². The number of nitrogens with one attached hydrogen (secondary N) is 1. The highest BCUT2D eigenvalue weighted by Crippen LogP contribution is 2.29. The van der Waals surface area contributed by atoms with E-state index in [1.165, 1.54) is 0 Å². The SMILES string of the molecule is COc1ccc(OCc2cc(C(=O)N3CCSCC3)n[nH]2)c(Cl)c1. The van der Waals surface area contributed by atoms with Crippen molar-refractivity contribution in [2.24, 2.45) is 0 Å². The Balaban J connectivity index is 1.60. The van der Waals surface area contributed by atoms with Crippen molar-refractivity contribution in [2.75, 3.05) is 31.7 Å². The number of carbonyl (C=O) groups is 1. The molecular weight excluding hydrogens is 350 g/mol. The second-order valence-corrected chi connectivity index (χ2v) is 6.90. The Morgan fingerprint density at radius 3 is 2.88 bits per heavy atom. The molecule has 8 heteroatoms. The van der Waals surface area contributed by atoms with Crippen molar-refractivity contribution in [1.29, 1.82) is 0 Å². The second kappa shape index (κ2) is 7.81. The predicted molar refractivity (Wildman–Crippen MR) is 94.2 cm³/mol. The van der Waals surface area contributed by atoms with E-state index in [4.69, 9.17) is 21.1 Å². The Hall–Kier alpha value is -1.86. The minimum Gasteiger partial charge on any atom is -0.497 e. The first-order chi connectivity index (χ1) is 11.7. The Morgan fingerprint density at radius 2 is 2.17 bits per heavy atom. The van der Waals surface area contributed by atoms with Crippen molar-refractivity contribution >= 4 is 29.3 Å². The standard InChI is InChI=1S/C16H18ClN3O3S/c1-22-12-2-3-15(13(17)9-12)23-10-11-8-14(19-18-11)16(21)20-4-6-24-7-5-20/h2-3,8-9H,4-7,10H2,1H3,(H,18,19). The number of hydrogen-bond donors (Lipinski definition) is 1. The van der Waals surface area contributed by atoms with Gasteiger partial charge in [-0.2, -0.15) is 16.9 Å². The van der Waals surface area contributed by atoms with Gasteiger partial charge < -0.3 is 14.4 Å². The first-order valence-corrected chi connectivity index (χ1v) is 9.08. The minimum atomic E-state index is -0.0414. The van der Waals surface area contributed by atoms with Gasteiger partial charge in [-0.25, -0.2) is 0 Å². The molecule has 1 aliphatic heterocycles. The van der Waals surface area contributed by atoms with Crippen molar-refractivity contribution in [2.45, 2.75) is 6.61 Å². The number of rotatable bonds is 5. The van der Waals surface area contributed by atoms with Crippen LogP contribution in [0.25, 0.3) is 0 Å². The highest BCUT2D eigenvalue weighted by Gasteiger charge is 2.20. The third kappa shape index (κ3) is 3.96. The molecule has 0 spiro atoms. The van der Waals surface area contributed by atoms with Gasteiger partial charge in [-0.3, -0.25) is 9.89 Å². The van der Waals surface area contributed by atoms with Gasteiger partial charge in [-0.05, 0) is 18.2 Å². The number of amides is 1. The van der Waals surface area contributed by atoms with Gasteiger partial charge in [-0.1, -0.05) is 11.6 Å². The molecule has 0 saturated carbocycles. The first kappa shape index (κ1) is 17.0. The molecule has 1 aromatic heterocycles. The molecule has 0 bridgehead atoms. The molecule has 1 amide bonds. The van der Waals surface area contributed by atoms with Crippen molar-refractivity contribution in [3.8, 4) is 11.5 Å². The lowest BCUT2D eigenvalue weighted by Crippen LogP contribution is -2.38. The quantitative estimate of drug-likeness (QED) is 0.880. The van der Waals surface area contributed by atoms with Crippen LogP contribution in [-0.4, -0.2) is 52.7 Å². The summed E-state index contributed by atoms with van der Waals surface area (Å²) in [4.78, 5) is 14.2. The third-order valence-electron chi connectivity index (χ3n) is 3.67. The van der Waals surface area contributed by atoms with Gasteiger partial charge in [0.05, 0.1) is 17.8 Å². The van der Waals surface area contributed by atoms with Gasteiger partial charge in [0.15, 0.2) is 5.69 Å². The van der Waals surface area contributed by atoms with Gasteiger partial charge in [0.25, 0.3) is 5.91 Å². The number of hydrogen-bond acceptors (Lipinski definition) is 5. The molecule has 1 fully saturated rings. The van der Waals surface area contributed by atoms with E-state index in [2.05, 4.69) is 10.2 Å². The summed E-state index contributed by atoms with van der Waals surface area (Å²) < 4.78 is 10.8. The Bertz CT molecular complexity index is 716. The zero-order valence-electron chi connectivity index (χ0n) is 13.3. The average molecular weight is 368 g/mol. The molecule has 2 aromatic rings. The average Bonchev–Trinajstić information content (AvgIpc) is 3.09. The number of benzene rings is 1. The van der Waals surface area contributed by atoms with Gasteiger partial charge in [0, 0.05) is 30.7 Å². The molecule has 128 valence electrons. The fourth-order valence-corrected chi connectivity index (χ4v) is 3.48. The summed E-state index contributed by atoms with van der Waals surface area (Å²) in [5.74, 6) is 3.12. The van der Waals surface area contributed by atoms with Crippen LogP contribution in [0.4, 0.5) is 0 Å². The Morgan fingerprint density at radius 1 is 1.38 bits per heavy atom. The van der Waals surface area contributed by atoms with Gasteiger partial charge in [-0.15, -0.1) is 0 Å². The number of H-pyrrole nitrogens is 1. The second-order valence-electron chi connectivity index (χ2n) is 5.27. The molecule has 0 atom stereocenters. The fourth-order valence-electron chi connectivity index (χ4n) is 2.35. The highest BCUT2D eigenvalue weighted by atomic mass is 35.5. The van der Waals surface area contributed by atoms with Crippen LogP contribution in [0, 0.1) is 0 Å². The lowest BCUT2D eigenvalue weighted by atomic mass is 10.3. The summed E-state index contributed by atoms with van der Waals surface area (Å²) in [6.07, 6.45) is 0. The fraction of sp³-hybridized carbons (Fsp3) is 0.375. The highest BCUT2D eigenvalue weighted by molar-refractivity contribution is 7.99. The zero-order valence-corrected chi connectivity index (χ0v) is 14.8. The molecule has 0 aliphatic carbocycles. The molecular formula is C16H18ClN3O3S. The molecule has 6 nitrogen and oxygen atoms in total. The first-order valence-electron chi connectivity index (χ1n) is 7.55. The molecule has 1 aliphatic rings. The number of aromatic nitrogens is 2. The normalized spacial score (nSPS) is 14.5. The maximum Gasteiger partial charge on any atom is 0.274 e. The van der Waals surface area contributed by atoms with Crippen LogP contribution in [0.2, 0.25) is 5.02 Å². The van der Waals surface area contributed by atoms with Gasteiger partial charge >= 0.3 is 0 Å². The van der Waals surface area contributed by atoms with Crippen LogP contribution < -0.4 is 9.47 Å². The summed E-state index contributed by atoms with van der Waals surface area (Å²) in [5, 5.41) is 7.41. The van der Waals surface area contributed by atoms with E-state index in [1.54, 1.807) is 31.4 Å². The number of thioether (sulfide) groups is 1. The topological polar surface area (TPSA) is 67.5 Å². The molecule has 0 radical (unpaired) electrons. The maximum absolute atomic E-state index is 12.4. The summed E-state index contributed by atoms with van der Waals surface area (Å²) in [6, 6.07) is 6.93. The minimum absolute atomic E-state index is 0.0414. The van der Waals surface area contributed by atoms with E-state index in [-0.39, 0.29) is 12.5 Å². The van der Waals surface area contributed by atoms with Crippen LogP contribution in [-0.2, 0) is 6.61 Å². The number of methoxy groups -OCH3 is 1. The number of halogens is 1. The molecule has 24 heavy (non-hydrogen) atoms. The summed E-state index contributed by atoms with van der Waals surface area (Å²) in [5.41, 5.74) is 1.14. The summed E-state index contributed by atoms with van der Waals surface area (Å²) in [7, 11) is 1.58. The van der Waals surface area contributed by atoms with Crippen LogP contribution >= 0.6 is 23.4 Å².